The first kappa shape index (κ1) is 25.8. The Morgan fingerprint density at radius 1 is 0.921 bits per heavy atom. The van der Waals surface area contributed by atoms with Gasteiger partial charge in [-0.15, -0.1) is 11.3 Å². The molecule has 0 spiro atoms. The maximum atomic E-state index is 13.4. The summed E-state index contributed by atoms with van der Waals surface area (Å²) in [5.74, 6) is -0.820. The Hall–Kier alpha value is -3.88. The molecular formula is C29H26ClN3O4S. The minimum atomic E-state index is -0.465. The molecule has 194 valence electrons. The summed E-state index contributed by atoms with van der Waals surface area (Å²) >= 11 is 7.87. The van der Waals surface area contributed by atoms with E-state index in [1.165, 1.54) is 11.3 Å². The van der Waals surface area contributed by atoms with Gasteiger partial charge < -0.3 is 19.9 Å². The van der Waals surface area contributed by atoms with Crippen LogP contribution in [0.5, 0.6) is 0 Å². The molecular weight excluding hydrogens is 522 g/mol. The number of hydrogen-bond acceptors (Lipinski definition) is 6. The largest absolute Gasteiger partial charge is 0.462 e. The van der Waals surface area contributed by atoms with Crippen molar-refractivity contribution in [3.8, 4) is 0 Å². The predicted molar refractivity (Wildman–Crippen MR) is 152 cm³/mol. The highest BCUT2D eigenvalue weighted by molar-refractivity contribution is 7.21. The van der Waals surface area contributed by atoms with Crippen molar-refractivity contribution >= 4 is 62.2 Å². The number of rotatable bonds is 6. The Balaban J connectivity index is 1.40. The first-order chi connectivity index (χ1) is 18.5. The van der Waals surface area contributed by atoms with E-state index in [1.807, 2.05) is 65.6 Å². The Morgan fingerprint density at radius 2 is 1.63 bits per heavy atom. The van der Waals surface area contributed by atoms with Gasteiger partial charge >= 0.3 is 5.97 Å². The fraction of sp³-hybridized carbons (Fsp3) is 0.207. The Bertz CT molecular complexity index is 1500. The lowest BCUT2D eigenvalue weighted by molar-refractivity contribution is 0.0526. The number of esters is 1. The highest BCUT2D eigenvalue weighted by Gasteiger charge is 2.25. The lowest BCUT2D eigenvalue weighted by Gasteiger charge is -2.37. The van der Waals surface area contributed by atoms with Gasteiger partial charge in [0.05, 0.1) is 28.6 Å². The van der Waals surface area contributed by atoms with Gasteiger partial charge in [0, 0.05) is 41.8 Å². The number of fused-ring (bicyclic) bond motifs is 1. The molecule has 1 saturated heterocycles. The number of amides is 2. The van der Waals surface area contributed by atoms with E-state index in [0.717, 1.165) is 15.8 Å². The van der Waals surface area contributed by atoms with E-state index >= 15 is 0 Å². The van der Waals surface area contributed by atoms with Crippen LogP contribution in [0.1, 0.15) is 37.3 Å². The average Bonchev–Trinajstić information content (AvgIpc) is 3.30. The molecule has 2 amide bonds. The molecule has 0 saturated carbocycles. The second-order valence-corrected chi connectivity index (χ2v) is 10.2. The summed E-state index contributed by atoms with van der Waals surface area (Å²) in [5, 5.41) is 4.21. The molecule has 2 heterocycles. The zero-order valence-electron chi connectivity index (χ0n) is 20.8. The number of hydrogen-bond donors (Lipinski definition) is 1. The van der Waals surface area contributed by atoms with Crippen LogP contribution in [0.15, 0.2) is 72.8 Å². The van der Waals surface area contributed by atoms with Crippen LogP contribution >= 0.6 is 22.9 Å². The van der Waals surface area contributed by atoms with Crippen molar-refractivity contribution in [2.45, 2.75) is 6.92 Å². The third-order valence-corrected chi connectivity index (χ3v) is 8.10. The summed E-state index contributed by atoms with van der Waals surface area (Å²) in [6.45, 7) is 4.20. The SMILES string of the molecule is CCOC(=O)c1ccc(N2CCN(C(=O)c3ccccc3)CC2)c(NC(=O)c2sc3ccccc3c2Cl)c1. The number of carbonyl (C=O) groups is 3. The van der Waals surface area contributed by atoms with E-state index in [4.69, 9.17) is 16.3 Å². The Kier molecular flexibility index (Phi) is 7.62. The number of nitrogens with zero attached hydrogens (tertiary/aromatic N) is 2. The van der Waals surface area contributed by atoms with Crippen LogP contribution in [0.25, 0.3) is 10.1 Å². The predicted octanol–water partition coefficient (Wildman–Crippen LogP) is 5.95. The van der Waals surface area contributed by atoms with Crippen LogP contribution < -0.4 is 10.2 Å². The molecule has 1 aliphatic heterocycles. The summed E-state index contributed by atoms with van der Waals surface area (Å²) < 4.78 is 6.09. The molecule has 7 nitrogen and oxygen atoms in total. The van der Waals surface area contributed by atoms with Crippen LogP contribution in [-0.4, -0.2) is 55.5 Å². The van der Waals surface area contributed by atoms with Crippen molar-refractivity contribution in [3.05, 3.63) is 93.8 Å². The van der Waals surface area contributed by atoms with Crippen molar-refractivity contribution in [3.63, 3.8) is 0 Å². The molecule has 0 radical (unpaired) electrons. The highest BCUT2D eigenvalue weighted by Crippen LogP contribution is 2.36. The van der Waals surface area contributed by atoms with Gasteiger partial charge in [-0.25, -0.2) is 4.79 Å². The minimum Gasteiger partial charge on any atom is -0.462 e. The van der Waals surface area contributed by atoms with E-state index in [1.54, 1.807) is 19.1 Å². The molecule has 1 N–H and O–H groups in total. The molecule has 38 heavy (non-hydrogen) atoms. The lowest BCUT2D eigenvalue weighted by atomic mass is 10.1. The Labute approximate surface area is 229 Å². The zero-order chi connectivity index (χ0) is 26.6. The van der Waals surface area contributed by atoms with E-state index in [9.17, 15) is 14.4 Å². The summed E-state index contributed by atoms with van der Waals surface area (Å²) in [4.78, 5) is 43.0. The molecule has 5 rings (SSSR count). The number of ether oxygens (including phenoxy) is 1. The van der Waals surface area contributed by atoms with Gasteiger partial charge in [0.2, 0.25) is 0 Å². The second-order valence-electron chi connectivity index (χ2n) is 8.79. The summed E-state index contributed by atoms with van der Waals surface area (Å²) in [6, 6.07) is 21.9. The van der Waals surface area contributed by atoms with Crippen molar-refractivity contribution in [1.82, 2.24) is 4.90 Å². The van der Waals surface area contributed by atoms with Crippen molar-refractivity contribution < 1.29 is 19.1 Å². The van der Waals surface area contributed by atoms with Crippen LogP contribution in [0.3, 0.4) is 0 Å². The Morgan fingerprint density at radius 3 is 2.34 bits per heavy atom. The van der Waals surface area contributed by atoms with Crippen molar-refractivity contribution in [2.24, 2.45) is 0 Å². The topological polar surface area (TPSA) is 79.0 Å². The third-order valence-electron chi connectivity index (χ3n) is 6.43. The number of carbonyl (C=O) groups excluding carboxylic acids is 3. The first-order valence-electron chi connectivity index (χ1n) is 12.3. The monoisotopic (exact) mass is 547 g/mol. The number of piperazine rings is 1. The lowest BCUT2D eigenvalue weighted by Crippen LogP contribution is -2.49. The van der Waals surface area contributed by atoms with Gasteiger partial charge in [-0.3, -0.25) is 9.59 Å². The minimum absolute atomic E-state index is 0.00385. The van der Waals surface area contributed by atoms with E-state index < -0.39 is 5.97 Å². The molecule has 1 aromatic heterocycles. The number of anilines is 2. The van der Waals surface area contributed by atoms with E-state index in [2.05, 4.69) is 10.2 Å². The molecule has 0 aliphatic carbocycles. The number of benzene rings is 3. The highest BCUT2D eigenvalue weighted by atomic mass is 35.5. The first-order valence-corrected chi connectivity index (χ1v) is 13.5. The molecule has 1 fully saturated rings. The van der Waals surface area contributed by atoms with Crippen LogP contribution in [0.2, 0.25) is 5.02 Å². The molecule has 4 aromatic rings. The number of halogens is 1. The maximum Gasteiger partial charge on any atom is 0.338 e. The average molecular weight is 548 g/mol. The van der Waals surface area contributed by atoms with Gasteiger partial charge in [0.15, 0.2) is 0 Å². The van der Waals surface area contributed by atoms with E-state index in [0.29, 0.717) is 52.9 Å². The van der Waals surface area contributed by atoms with Gasteiger partial charge in [-0.05, 0) is 43.3 Å². The summed E-state index contributed by atoms with van der Waals surface area (Å²) in [7, 11) is 0. The van der Waals surface area contributed by atoms with E-state index in [-0.39, 0.29) is 18.4 Å². The molecule has 0 atom stereocenters. The van der Waals surface area contributed by atoms with Gasteiger partial charge in [-0.2, -0.15) is 0 Å². The smallest absolute Gasteiger partial charge is 0.338 e. The summed E-state index contributed by atoms with van der Waals surface area (Å²) in [6.07, 6.45) is 0. The van der Waals surface area contributed by atoms with Crippen LogP contribution in [-0.2, 0) is 4.74 Å². The second kappa shape index (κ2) is 11.2. The van der Waals surface area contributed by atoms with Gasteiger partial charge in [-0.1, -0.05) is 48.0 Å². The fourth-order valence-electron chi connectivity index (χ4n) is 4.51. The molecule has 0 bridgehead atoms. The standard InChI is InChI=1S/C29H26ClN3O4S/c1-2-37-29(36)20-12-13-23(32-14-16-33(17-15-32)28(35)19-8-4-3-5-9-19)22(18-20)31-27(34)26-25(30)21-10-6-7-11-24(21)38-26/h3-13,18H,2,14-17H2,1H3,(H,31,34). The van der Waals surface area contributed by atoms with Crippen LogP contribution in [0, 0.1) is 0 Å². The number of nitrogens with one attached hydrogen (secondary N) is 1. The van der Waals surface area contributed by atoms with Gasteiger partial charge in [0.1, 0.15) is 4.88 Å². The maximum absolute atomic E-state index is 13.4. The molecule has 9 heteroatoms. The molecule has 1 aliphatic rings. The zero-order valence-corrected chi connectivity index (χ0v) is 22.3. The fourth-order valence-corrected chi connectivity index (χ4v) is 5.92. The number of thiophene rings is 1. The molecule has 3 aromatic carbocycles. The summed E-state index contributed by atoms with van der Waals surface area (Å²) in [5.41, 5.74) is 2.24. The quantitative estimate of drug-likeness (QED) is 0.302. The third kappa shape index (κ3) is 5.23. The van der Waals surface area contributed by atoms with Crippen LogP contribution in [0.4, 0.5) is 11.4 Å². The normalized spacial score (nSPS) is 13.4. The van der Waals surface area contributed by atoms with Crippen molar-refractivity contribution in [2.75, 3.05) is 43.0 Å². The molecule has 0 unspecified atom stereocenters. The van der Waals surface area contributed by atoms with Crippen molar-refractivity contribution in [1.29, 1.82) is 0 Å². The van der Waals surface area contributed by atoms with Gasteiger partial charge in [0.25, 0.3) is 11.8 Å².